The zero-order valence-electron chi connectivity index (χ0n) is 23.5. The van der Waals surface area contributed by atoms with Gasteiger partial charge in [-0.05, 0) is 21.9 Å². The van der Waals surface area contributed by atoms with Gasteiger partial charge in [-0.3, -0.25) is 19.2 Å². The van der Waals surface area contributed by atoms with Crippen LogP contribution in [0.1, 0.15) is 63.4 Å². The lowest BCUT2D eigenvalue weighted by Crippen LogP contribution is -2.46. The molecule has 4 heterocycles. The highest BCUT2D eigenvalue weighted by Crippen LogP contribution is 2.26. The highest BCUT2D eigenvalue weighted by molar-refractivity contribution is 7.09. The van der Waals surface area contributed by atoms with Crippen LogP contribution in [0.15, 0.2) is 52.7 Å². The molecule has 15 nitrogen and oxygen atoms in total. The minimum atomic E-state index is -0.694. The number of aromatic nitrogens is 6. The Hall–Kier alpha value is -4.99. The first-order valence-corrected chi connectivity index (χ1v) is 14.5. The monoisotopic (exact) mass is 606 g/mol. The molecule has 16 heteroatoms. The molecule has 0 aliphatic carbocycles. The van der Waals surface area contributed by atoms with E-state index in [9.17, 15) is 19.2 Å². The fourth-order valence-corrected chi connectivity index (χ4v) is 5.47. The molecule has 0 spiro atoms. The van der Waals surface area contributed by atoms with Gasteiger partial charge in [0.1, 0.15) is 35.9 Å². The van der Waals surface area contributed by atoms with Gasteiger partial charge in [-0.15, -0.1) is 16.4 Å². The van der Waals surface area contributed by atoms with Crippen LogP contribution >= 0.6 is 11.3 Å². The number of nitrogens with zero attached hydrogens (tertiary/aromatic N) is 7. The molecular formula is C27H30N10O5S. The van der Waals surface area contributed by atoms with Crippen molar-refractivity contribution in [1.82, 2.24) is 51.0 Å². The summed E-state index contributed by atoms with van der Waals surface area (Å²) in [5.41, 5.74) is 1.09. The first kappa shape index (κ1) is 29.5. The largest absolute Gasteiger partial charge is 0.446 e. The summed E-state index contributed by atoms with van der Waals surface area (Å²) in [6.07, 6.45) is 2.86. The second-order valence-electron chi connectivity index (χ2n) is 10.2. The quantitative estimate of drug-likeness (QED) is 0.294. The Kier molecular flexibility index (Phi) is 9.14. The van der Waals surface area contributed by atoms with Gasteiger partial charge in [-0.25, -0.2) is 14.6 Å². The predicted molar refractivity (Wildman–Crippen MR) is 151 cm³/mol. The number of rotatable bonds is 5. The van der Waals surface area contributed by atoms with Crippen molar-refractivity contribution in [2.75, 3.05) is 19.6 Å². The van der Waals surface area contributed by atoms with Gasteiger partial charge in [0.15, 0.2) is 5.69 Å². The highest BCUT2D eigenvalue weighted by Gasteiger charge is 2.28. The lowest BCUT2D eigenvalue weighted by atomic mass is 10.0. The van der Waals surface area contributed by atoms with Crippen molar-refractivity contribution in [3.8, 4) is 0 Å². The maximum atomic E-state index is 13.3. The Morgan fingerprint density at radius 1 is 1.09 bits per heavy atom. The molecule has 0 radical (unpaired) electrons. The topological polar surface area (TPSA) is 190 Å². The van der Waals surface area contributed by atoms with Crippen molar-refractivity contribution in [2.45, 2.75) is 38.9 Å². The maximum Gasteiger partial charge on any atom is 0.273 e. The molecule has 3 N–H and O–H groups in total. The minimum Gasteiger partial charge on any atom is -0.446 e. The summed E-state index contributed by atoms with van der Waals surface area (Å²) in [7, 11) is 0. The van der Waals surface area contributed by atoms with E-state index in [1.54, 1.807) is 5.38 Å². The predicted octanol–water partition coefficient (Wildman–Crippen LogP) is 0.917. The number of thiazole rings is 1. The Morgan fingerprint density at radius 3 is 2.65 bits per heavy atom. The van der Waals surface area contributed by atoms with Crippen LogP contribution in [0.3, 0.4) is 0 Å². The fourth-order valence-electron chi connectivity index (χ4n) is 4.45. The van der Waals surface area contributed by atoms with E-state index < -0.39 is 35.7 Å². The molecule has 3 aromatic heterocycles. The summed E-state index contributed by atoms with van der Waals surface area (Å²) < 4.78 is 6.90. The molecule has 43 heavy (non-hydrogen) atoms. The first-order chi connectivity index (χ1) is 20.8. The van der Waals surface area contributed by atoms with Gasteiger partial charge in [0.25, 0.3) is 11.8 Å². The zero-order valence-corrected chi connectivity index (χ0v) is 24.3. The molecule has 1 aliphatic heterocycles. The van der Waals surface area contributed by atoms with Crippen LogP contribution in [0.2, 0.25) is 0 Å². The van der Waals surface area contributed by atoms with Crippen molar-refractivity contribution < 1.29 is 23.6 Å². The van der Waals surface area contributed by atoms with E-state index in [4.69, 9.17) is 4.42 Å². The molecule has 0 saturated carbocycles. The van der Waals surface area contributed by atoms with Crippen molar-refractivity contribution >= 4 is 35.0 Å². The third-order valence-corrected chi connectivity index (χ3v) is 7.62. The molecule has 224 valence electrons. The second-order valence-corrected chi connectivity index (χ2v) is 11.1. The SMILES string of the molecule is CC(C)[C@@H]1NC(=O)CN(C(=O)Cn2cnnn2)CCNC(=O)c2coc(n2)[C@H](Cc2ccccc2)NC(=O)c2csc1n2. The Bertz CT molecular complexity index is 1570. The molecule has 5 rings (SSSR count). The molecule has 1 aliphatic rings. The Labute approximate surface area is 250 Å². The van der Waals surface area contributed by atoms with Gasteiger partial charge in [0.2, 0.25) is 17.7 Å². The van der Waals surface area contributed by atoms with E-state index >= 15 is 0 Å². The molecule has 0 fully saturated rings. The number of oxazole rings is 1. The fraction of sp³-hybridized carbons (Fsp3) is 0.370. The number of hydrogen-bond acceptors (Lipinski definition) is 11. The van der Waals surface area contributed by atoms with Gasteiger partial charge in [0.05, 0.1) is 12.6 Å². The number of amides is 4. The highest BCUT2D eigenvalue weighted by atomic mass is 32.1. The van der Waals surface area contributed by atoms with Gasteiger partial charge in [-0.1, -0.05) is 44.2 Å². The molecule has 1 aromatic carbocycles. The summed E-state index contributed by atoms with van der Waals surface area (Å²) in [6, 6.07) is 8.28. The van der Waals surface area contributed by atoms with E-state index in [0.717, 1.165) is 5.56 Å². The van der Waals surface area contributed by atoms with Crippen molar-refractivity contribution in [2.24, 2.45) is 5.92 Å². The summed E-state index contributed by atoms with van der Waals surface area (Å²) in [6.45, 7) is 3.43. The maximum absolute atomic E-state index is 13.3. The van der Waals surface area contributed by atoms with E-state index in [2.05, 4.69) is 41.4 Å². The van der Waals surface area contributed by atoms with E-state index in [0.29, 0.717) is 11.4 Å². The molecule has 2 atom stereocenters. The number of benzene rings is 1. The molecule has 4 amide bonds. The van der Waals surface area contributed by atoms with Crippen molar-refractivity contribution in [3.05, 3.63) is 76.2 Å². The lowest BCUT2D eigenvalue weighted by molar-refractivity contribution is -0.137. The molecular weight excluding hydrogens is 576 g/mol. The Balaban J connectivity index is 1.44. The van der Waals surface area contributed by atoms with Crippen LogP contribution in [-0.4, -0.2) is 78.3 Å². The summed E-state index contributed by atoms with van der Waals surface area (Å²) in [5, 5.41) is 21.5. The van der Waals surface area contributed by atoms with Crippen LogP contribution in [0.5, 0.6) is 0 Å². The minimum absolute atomic E-state index is 0.00320. The number of carbonyl (C=O) groups excluding carboxylic acids is 4. The van der Waals surface area contributed by atoms with E-state index in [1.165, 1.54) is 33.5 Å². The van der Waals surface area contributed by atoms with Crippen molar-refractivity contribution in [1.29, 1.82) is 0 Å². The lowest BCUT2D eigenvalue weighted by Gasteiger charge is -2.25. The third-order valence-electron chi connectivity index (χ3n) is 6.69. The summed E-state index contributed by atoms with van der Waals surface area (Å²) in [4.78, 5) is 62.7. The number of fused-ring (bicyclic) bond motifs is 4. The smallest absolute Gasteiger partial charge is 0.273 e. The third kappa shape index (κ3) is 7.45. The number of hydrogen-bond donors (Lipinski definition) is 3. The van der Waals surface area contributed by atoms with Gasteiger partial charge in [-0.2, -0.15) is 0 Å². The van der Waals surface area contributed by atoms with Crippen LogP contribution < -0.4 is 16.0 Å². The molecule has 0 unspecified atom stereocenters. The number of tetrazole rings is 1. The second kappa shape index (κ2) is 13.3. The number of nitrogens with one attached hydrogen (secondary N) is 3. The molecule has 4 aromatic rings. The molecule has 4 bridgehead atoms. The van der Waals surface area contributed by atoms with Crippen LogP contribution in [-0.2, 0) is 22.6 Å². The van der Waals surface area contributed by atoms with Crippen LogP contribution in [0, 0.1) is 5.92 Å². The van der Waals surface area contributed by atoms with Gasteiger partial charge >= 0.3 is 0 Å². The summed E-state index contributed by atoms with van der Waals surface area (Å²) >= 11 is 1.25. The van der Waals surface area contributed by atoms with Gasteiger partial charge in [0, 0.05) is 24.9 Å². The molecule has 0 saturated heterocycles. The average molecular weight is 607 g/mol. The van der Waals surface area contributed by atoms with E-state index in [1.807, 2.05) is 44.2 Å². The van der Waals surface area contributed by atoms with E-state index in [-0.39, 0.29) is 49.4 Å². The summed E-state index contributed by atoms with van der Waals surface area (Å²) in [5.74, 6) is -1.76. The zero-order chi connectivity index (χ0) is 30.3. The normalized spacial score (nSPS) is 18.4. The van der Waals surface area contributed by atoms with Crippen LogP contribution in [0.4, 0.5) is 0 Å². The average Bonchev–Trinajstić information content (AvgIpc) is 3.77. The Morgan fingerprint density at radius 2 is 1.91 bits per heavy atom. The van der Waals surface area contributed by atoms with Crippen LogP contribution in [0.25, 0.3) is 0 Å². The van der Waals surface area contributed by atoms with Gasteiger partial charge < -0.3 is 25.3 Å². The number of carbonyl (C=O) groups is 4. The van der Waals surface area contributed by atoms with Crippen molar-refractivity contribution in [3.63, 3.8) is 0 Å². The first-order valence-electron chi connectivity index (χ1n) is 13.6. The standard InChI is InChI=1S/C27H30N10O5S/c1-16(2)23-27-32-20(14-43-27)25(41)30-18(10-17-6-4-3-5-7-17)26-31-19(13-42-26)24(40)28-8-9-36(11-21(38)33-23)22(39)12-37-15-29-34-35-37/h3-7,13-16,18,23H,8-12H2,1-2H3,(H,28,40)(H,30,41)(H,33,38)/t18-,23-/m0/s1.